The van der Waals surface area contributed by atoms with Crippen LogP contribution in [0.5, 0.6) is 5.75 Å². The zero-order chi connectivity index (χ0) is 19.7. The smallest absolute Gasteiger partial charge is 0.241 e. The number of carbonyl (C=O) groups is 2. The number of ether oxygens (including phenoxy) is 1. The molecule has 2 aliphatic heterocycles. The van der Waals surface area contributed by atoms with Crippen LogP contribution in [0, 0.1) is 5.92 Å². The van der Waals surface area contributed by atoms with Gasteiger partial charge in [0.25, 0.3) is 0 Å². The van der Waals surface area contributed by atoms with E-state index in [-0.39, 0.29) is 29.8 Å². The monoisotopic (exact) mass is 386 g/mol. The topological polar surface area (TPSA) is 73.9 Å². The Hall–Kier alpha value is -2.12. The van der Waals surface area contributed by atoms with Gasteiger partial charge in [-0.05, 0) is 50.3 Å². The zero-order valence-corrected chi connectivity index (χ0v) is 16.7. The highest BCUT2D eigenvalue weighted by Crippen LogP contribution is 2.37. The van der Waals surface area contributed by atoms with Crippen LogP contribution in [0.2, 0.25) is 0 Å². The van der Waals surface area contributed by atoms with Crippen LogP contribution in [0.4, 0.5) is 0 Å². The molecule has 0 spiro atoms. The Labute approximate surface area is 166 Å². The van der Waals surface area contributed by atoms with Gasteiger partial charge in [-0.2, -0.15) is 0 Å². The molecule has 3 fully saturated rings. The number of fused-ring (bicyclic) bond motifs is 3. The van der Waals surface area contributed by atoms with E-state index in [1.165, 1.54) is 0 Å². The van der Waals surface area contributed by atoms with E-state index in [1.54, 1.807) is 7.11 Å². The Bertz CT molecular complexity index is 740. The van der Waals surface area contributed by atoms with Crippen molar-refractivity contribution in [1.82, 2.24) is 20.7 Å². The van der Waals surface area contributed by atoms with Crippen molar-refractivity contribution in [2.24, 2.45) is 5.92 Å². The van der Waals surface area contributed by atoms with E-state index < -0.39 is 0 Å². The van der Waals surface area contributed by atoms with Gasteiger partial charge in [-0.25, -0.2) is 5.01 Å². The first-order valence-electron chi connectivity index (χ1n) is 10.3. The largest absolute Gasteiger partial charge is 0.497 e. The molecule has 28 heavy (non-hydrogen) atoms. The summed E-state index contributed by atoms with van der Waals surface area (Å²) in [7, 11) is 1.64. The summed E-state index contributed by atoms with van der Waals surface area (Å²) in [5, 5.41) is 5.26. The number of hydrazine groups is 1. The van der Waals surface area contributed by atoms with Gasteiger partial charge in [-0.3, -0.25) is 15.0 Å². The predicted molar refractivity (Wildman–Crippen MR) is 105 cm³/mol. The van der Waals surface area contributed by atoms with E-state index in [0.29, 0.717) is 19.1 Å². The average molecular weight is 386 g/mol. The number of likely N-dealkylation sites (N-methyl/N-ethyl adjacent to an activating group) is 1. The van der Waals surface area contributed by atoms with Crippen molar-refractivity contribution in [3.63, 3.8) is 0 Å². The maximum Gasteiger partial charge on any atom is 0.241 e. The van der Waals surface area contributed by atoms with Crippen molar-refractivity contribution in [1.29, 1.82) is 0 Å². The van der Waals surface area contributed by atoms with Crippen molar-refractivity contribution < 1.29 is 14.3 Å². The van der Waals surface area contributed by atoms with Gasteiger partial charge in [0, 0.05) is 37.6 Å². The predicted octanol–water partition coefficient (Wildman–Crippen LogP) is 1.29. The standard InChI is InChI=1S/C21H30N4O3/c1-3-24-19-12-15(7-8-17(19)25-18(21(24)27)9-10-23-25)20(26)22-13-14-5-4-6-16(11-14)28-2/h4-6,11,15,17-19,23H,3,7-10,12-13H2,1-2H3,(H,22,26). The molecule has 2 heterocycles. The summed E-state index contributed by atoms with van der Waals surface area (Å²) in [4.78, 5) is 27.7. The molecule has 2 saturated heterocycles. The number of hydrogen-bond donors (Lipinski definition) is 2. The molecule has 1 aromatic carbocycles. The fraction of sp³-hybridized carbons (Fsp3) is 0.619. The molecule has 7 nitrogen and oxygen atoms in total. The molecule has 3 aliphatic rings. The number of nitrogens with one attached hydrogen (secondary N) is 2. The summed E-state index contributed by atoms with van der Waals surface area (Å²) in [6.07, 6.45) is 3.42. The number of nitrogens with zero attached hydrogens (tertiary/aromatic N) is 2. The first-order chi connectivity index (χ1) is 13.6. The van der Waals surface area contributed by atoms with Gasteiger partial charge in [-0.1, -0.05) is 12.1 Å². The first kappa shape index (κ1) is 19.2. The maximum absolute atomic E-state index is 12.9. The summed E-state index contributed by atoms with van der Waals surface area (Å²) in [5.74, 6) is 1.04. The van der Waals surface area contributed by atoms with Crippen molar-refractivity contribution >= 4 is 11.8 Å². The lowest BCUT2D eigenvalue weighted by molar-refractivity contribution is -0.155. The molecule has 152 valence electrons. The zero-order valence-electron chi connectivity index (χ0n) is 16.7. The number of benzene rings is 1. The molecule has 0 radical (unpaired) electrons. The van der Waals surface area contributed by atoms with Crippen LogP contribution >= 0.6 is 0 Å². The first-order valence-corrected chi connectivity index (χ1v) is 10.3. The molecule has 4 unspecified atom stereocenters. The number of hydrogen-bond acceptors (Lipinski definition) is 5. The Morgan fingerprint density at radius 1 is 1.29 bits per heavy atom. The summed E-state index contributed by atoms with van der Waals surface area (Å²) >= 11 is 0. The van der Waals surface area contributed by atoms with Gasteiger partial charge < -0.3 is 15.0 Å². The van der Waals surface area contributed by atoms with E-state index in [2.05, 4.69) is 15.8 Å². The Morgan fingerprint density at radius 3 is 2.93 bits per heavy atom. The number of methoxy groups -OCH3 is 1. The lowest BCUT2D eigenvalue weighted by Crippen LogP contribution is -2.68. The Kier molecular flexibility index (Phi) is 5.55. The summed E-state index contributed by atoms with van der Waals surface area (Å²) in [5.41, 5.74) is 4.43. The number of rotatable bonds is 5. The van der Waals surface area contributed by atoms with Crippen molar-refractivity contribution in [2.45, 2.75) is 57.3 Å². The van der Waals surface area contributed by atoms with E-state index in [1.807, 2.05) is 36.1 Å². The van der Waals surface area contributed by atoms with Crippen LogP contribution in [0.15, 0.2) is 24.3 Å². The highest BCUT2D eigenvalue weighted by Gasteiger charge is 2.50. The summed E-state index contributed by atoms with van der Waals surface area (Å²) in [6, 6.07) is 8.14. The fourth-order valence-electron chi connectivity index (χ4n) is 5.06. The SMILES string of the molecule is CCN1C(=O)C2CCNN2C2CCC(C(=O)NCc3cccc(OC)c3)CC21. The van der Waals surface area contributed by atoms with Crippen LogP contribution in [0.3, 0.4) is 0 Å². The van der Waals surface area contributed by atoms with Gasteiger partial charge in [-0.15, -0.1) is 0 Å². The molecule has 1 aromatic rings. The lowest BCUT2D eigenvalue weighted by Gasteiger charge is -2.51. The Balaban J connectivity index is 1.40. The normalized spacial score (nSPS) is 29.9. The molecule has 1 saturated carbocycles. The molecule has 2 amide bonds. The average Bonchev–Trinajstić information content (AvgIpc) is 3.22. The number of piperazine rings is 1. The molecule has 0 bridgehead atoms. The second-order valence-corrected chi connectivity index (χ2v) is 7.96. The van der Waals surface area contributed by atoms with E-state index >= 15 is 0 Å². The van der Waals surface area contributed by atoms with Crippen LogP contribution in [-0.2, 0) is 16.1 Å². The molecular weight excluding hydrogens is 356 g/mol. The van der Waals surface area contributed by atoms with Gasteiger partial charge >= 0.3 is 0 Å². The minimum Gasteiger partial charge on any atom is -0.497 e. The summed E-state index contributed by atoms with van der Waals surface area (Å²) < 4.78 is 5.25. The van der Waals surface area contributed by atoms with E-state index in [0.717, 1.165) is 43.5 Å². The molecular formula is C21H30N4O3. The summed E-state index contributed by atoms with van der Waals surface area (Å²) in [6.45, 7) is 4.11. The maximum atomic E-state index is 12.9. The van der Waals surface area contributed by atoms with Crippen LogP contribution in [0.1, 0.15) is 38.2 Å². The molecule has 2 N–H and O–H groups in total. The third-order valence-corrected chi connectivity index (χ3v) is 6.47. The molecule has 1 aliphatic carbocycles. The highest BCUT2D eigenvalue weighted by molar-refractivity contribution is 5.84. The van der Waals surface area contributed by atoms with E-state index in [4.69, 9.17) is 4.74 Å². The van der Waals surface area contributed by atoms with Gasteiger partial charge in [0.15, 0.2) is 0 Å². The van der Waals surface area contributed by atoms with Crippen molar-refractivity contribution in [3.8, 4) is 5.75 Å². The van der Waals surface area contributed by atoms with Gasteiger partial charge in [0.05, 0.1) is 7.11 Å². The molecule has 4 rings (SSSR count). The second kappa shape index (κ2) is 8.09. The van der Waals surface area contributed by atoms with Gasteiger partial charge in [0.2, 0.25) is 11.8 Å². The fourth-order valence-corrected chi connectivity index (χ4v) is 5.06. The quantitative estimate of drug-likeness (QED) is 0.798. The van der Waals surface area contributed by atoms with Crippen molar-refractivity contribution in [3.05, 3.63) is 29.8 Å². The van der Waals surface area contributed by atoms with Gasteiger partial charge in [0.1, 0.15) is 11.8 Å². The molecule has 4 atom stereocenters. The molecule has 7 heteroatoms. The van der Waals surface area contributed by atoms with Crippen LogP contribution < -0.4 is 15.5 Å². The number of amides is 2. The van der Waals surface area contributed by atoms with E-state index in [9.17, 15) is 9.59 Å². The third-order valence-electron chi connectivity index (χ3n) is 6.47. The van der Waals surface area contributed by atoms with Crippen LogP contribution in [-0.4, -0.2) is 60.0 Å². The van der Waals surface area contributed by atoms with Crippen molar-refractivity contribution in [2.75, 3.05) is 20.2 Å². The number of carbonyl (C=O) groups excluding carboxylic acids is 2. The second-order valence-electron chi connectivity index (χ2n) is 7.96. The van der Waals surface area contributed by atoms with Crippen LogP contribution in [0.25, 0.3) is 0 Å². The minimum atomic E-state index is -0.0483. The lowest BCUT2D eigenvalue weighted by atomic mass is 9.78. The Morgan fingerprint density at radius 2 is 2.14 bits per heavy atom. The highest BCUT2D eigenvalue weighted by atomic mass is 16.5. The third kappa shape index (κ3) is 3.49. The minimum absolute atomic E-state index is 0.0281. The molecule has 0 aromatic heterocycles.